The maximum absolute atomic E-state index is 11.1. The molecule has 0 amide bonds. The number of epoxide rings is 1. The van der Waals surface area contributed by atoms with Gasteiger partial charge in [-0.05, 0) is 60.8 Å². The molecule has 0 spiro atoms. The third-order valence-electron chi connectivity index (χ3n) is 7.08. The predicted octanol–water partition coefficient (Wildman–Crippen LogP) is 6.19. The van der Waals surface area contributed by atoms with Gasteiger partial charge < -0.3 is 9.84 Å². The van der Waals surface area contributed by atoms with E-state index in [-0.39, 0.29) is 41.0 Å². The first-order valence-corrected chi connectivity index (χ1v) is 9.99. The maximum atomic E-state index is 11.1. The van der Waals surface area contributed by atoms with E-state index in [1.807, 2.05) is 13.8 Å². The Morgan fingerprint density at radius 1 is 0.733 bits per heavy atom. The van der Waals surface area contributed by atoms with Crippen molar-refractivity contribution in [2.24, 2.45) is 16.2 Å². The summed E-state index contributed by atoms with van der Waals surface area (Å²) in [6.45, 7) is 33.1. The summed E-state index contributed by atoms with van der Waals surface area (Å²) in [5.74, 6) is 0.278. The van der Waals surface area contributed by atoms with Crippen molar-refractivity contribution in [3.63, 3.8) is 0 Å². The standard InChI is InChI=1S/C9H18O.C8H16O2.C6H12O.CO.CH4/c1-7(10)9(5,6)8(2,3)4;1-6(9)7(2,3)8(4,5)10;1-5(2)6(3,4)7-5;1-2;/h1-6H3;10H,1-5H3;1-4H3;;1H4. The van der Waals surface area contributed by atoms with Gasteiger partial charge in [0.05, 0.1) is 22.2 Å². The normalized spacial score (nSPS) is 16.6. The van der Waals surface area contributed by atoms with Crippen LogP contribution in [0.25, 0.3) is 0 Å². The summed E-state index contributed by atoms with van der Waals surface area (Å²) in [7, 11) is 0. The van der Waals surface area contributed by atoms with E-state index in [2.05, 4.69) is 55.1 Å². The summed E-state index contributed by atoms with van der Waals surface area (Å²) in [5, 5.41) is 9.50. The predicted molar refractivity (Wildman–Crippen MR) is 125 cm³/mol. The summed E-state index contributed by atoms with van der Waals surface area (Å²) < 4.78 is 12.8. The van der Waals surface area contributed by atoms with Crippen LogP contribution in [0.5, 0.6) is 0 Å². The molecule has 0 bridgehead atoms. The average molecular weight is 431 g/mol. The van der Waals surface area contributed by atoms with Crippen LogP contribution in [-0.2, 0) is 19.0 Å². The number of carbonyl (C=O) groups excluding carboxylic acids is 2. The molecule has 1 saturated heterocycles. The van der Waals surface area contributed by atoms with Crippen LogP contribution in [0.2, 0.25) is 0 Å². The number of rotatable bonds is 3. The van der Waals surface area contributed by atoms with Gasteiger partial charge in [0.1, 0.15) is 11.6 Å². The fraction of sp³-hybridized carbons (Fsp3) is 0.880. The van der Waals surface area contributed by atoms with Gasteiger partial charge in [-0.3, -0.25) is 9.59 Å². The monoisotopic (exact) mass is 430 g/mol. The molecule has 1 rings (SSSR count). The van der Waals surface area contributed by atoms with Crippen molar-refractivity contribution < 1.29 is 24.1 Å². The number of hydrogen-bond donors (Lipinski definition) is 1. The minimum atomic E-state index is -0.932. The molecule has 1 aliphatic rings. The summed E-state index contributed by atoms with van der Waals surface area (Å²) in [4.78, 5) is 22.1. The van der Waals surface area contributed by atoms with Gasteiger partial charge in [-0.25, -0.2) is 0 Å². The molecule has 5 heteroatoms. The van der Waals surface area contributed by atoms with Crippen LogP contribution in [0.1, 0.15) is 111 Å². The Hall–Kier alpha value is -1.00. The van der Waals surface area contributed by atoms with Crippen molar-refractivity contribution in [2.45, 2.75) is 128 Å². The SMILES string of the molecule is C.CC(=O)C(C)(C)C(C)(C)C.CC(=O)C(C)(C)C(C)(C)O.CC1(C)OC1(C)C.[C-]#[O+]. The van der Waals surface area contributed by atoms with E-state index in [4.69, 9.17) is 9.39 Å². The topological polar surface area (TPSA) is 86.8 Å². The average Bonchev–Trinajstić information content (AvgIpc) is 2.94. The van der Waals surface area contributed by atoms with Crippen LogP contribution in [0.15, 0.2) is 0 Å². The molecule has 180 valence electrons. The molecule has 1 fully saturated rings. The van der Waals surface area contributed by atoms with Crippen molar-refractivity contribution in [2.75, 3.05) is 0 Å². The number of hydrogen-bond acceptors (Lipinski definition) is 4. The van der Waals surface area contributed by atoms with Crippen molar-refractivity contribution in [1.29, 1.82) is 0 Å². The number of Topliss-reactive ketones (excluding diaryl/α,β-unsaturated/α-hetero) is 2. The summed E-state index contributed by atoms with van der Waals surface area (Å²) in [5.41, 5.74) is -1.42. The fourth-order valence-corrected chi connectivity index (χ4v) is 1.57. The van der Waals surface area contributed by atoms with E-state index >= 15 is 0 Å². The van der Waals surface area contributed by atoms with Gasteiger partial charge in [-0.1, -0.05) is 55.9 Å². The Morgan fingerprint density at radius 3 is 0.933 bits per heavy atom. The zero-order chi connectivity index (χ0) is 24.9. The van der Waals surface area contributed by atoms with Gasteiger partial charge >= 0.3 is 11.3 Å². The Kier molecular flexibility index (Phi) is 14.0. The fourth-order valence-electron chi connectivity index (χ4n) is 1.57. The minimum absolute atomic E-state index is 0. The first-order valence-electron chi connectivity index (χ1n) is 9.99. The van der Waals surface area contributed by atoms with Crippen LogP contribution in [0.3, 0.4) is 0 Å². The van der Waals surface area contributed by atoms with Gasteiger partial charge in [0, 0.05) is 5.41 Å². The molecular weight excluding hydrogens is 380 g/mol. The molecule has 1 aliphatic heterocycles. The number of carbonyl (C=O) groups is 2. The number of ketones is 2. The van der Waals surface area contributed by atoms with E-state index in [1.165, 1.54) is 6.92 Å². The molecule has 1 heterocycles. The van der Waals surface area contributed by atoms with Crippen LogP contribution in [0, 0.1) is 22.9 Å². The molecule has 0 aromatic rings. The van der Waals surface area contributed by atoms with Crippen molar-refractivity contribution in [3.05, 3.63) is 6.65 Å². The third kappa shape index (κ3) is 10.3. The molecular formula is C25H50O5. The zero-order valence-corrected chi connectivity index (χ0v) is 21.6. The first kappa shape index (κ1) is 36.4. The van der Waals surface area contributed by atoms with Crippen LogP contribution >= 0.6 is 0 Å². The quantitative estimate of drug-likeness (QED) is 0.328. The molecule has 0 unspecified atom stereocenters. The Bertz CT molecular complexity index is 517. The molecule has 1 N–H and O–H groups in total. The summed E-state index contributed by atoms with van der Waals surface area (Å²) in [6, 6.07) is 0. The second-order valence-electron chi connectivity index (χ2n) is 11.3. The van der Waals surface area contributed by atoms with Gasteiger partial charge in [0.15, 0.2) is 0 Å². The van der Waals surface area contributed by atoms with Crippen molar-refractivity contribution >= 4 is 11.6 Å². The third-order valence-corrected chi connectivity index (χ3v) is 7.08. The number of ether oxygens (including phenoxy) is 1. The molecule has 30 heavy (non-hydrogen) atoms. The van der Waals surface area contributed by atoms with E-state index in [9.17, 15) is 14.7 Å². The van der Waals surface area contributed by atoms with Gasteiger partial charge in [-0.2, -0.15) is 0 Å². The van der Waals surface area contributed by atoms with E-state index in [0.29, 0.717) is 0 Å². The molecule has 0 atom stereocenters. The molecule has 0 radical (unpaired) electrons. The van der Waals surface area contributed by atoms with Crippen LogP contribution in [0.4, 0.5) is 0 Å². The second-order valence-corrected chi connectivity index (χ2v) is 11.3. The van der Waals surface area contributed by atoms with Crippen LogP contribution in [-0.4, -0.2) is 33.5 Å². The Morgan fingerprint density at radius 2 is 0.933 bits per heavy atom. The van der Waals surface area contributed by atoms with E-state index in [0.717, 1.165) is 0 Å². The Balaban J connectivity index is -0.000000161. The molecule has 0 aliphatic carbocycles. The Labute approximate surface area is 187 Å². The van der Waals surface area contributed by atoms with E-state index < -0.39 is 11.0 Å². The zero-order valence-electron chi connectivity index (χ0n) is 21.6. The van der Waals surface area contributed by atoms with Crippen LogP contribution < -0.4 is 0 Å². The molecule has 0 saturated carbocycles. The molecule has 0 aromatic carbocycles. The van der Waals surface area contributed by atoms with Crippen molar-refractivity contribution in [1.82, 2.24) is 0 Å². The molecule has 5 nitrogen and oxygen atoms in total. The van der Waals surface area contributed by atoms with Gasteiger partial charge in [0.2, 0.25) is 0 Å². The molecule has 0 aromatic heterocycles. The van der Waals surface area contributed by atoms with Gasteiger partial charge in [-0.15, -0.1) is 0 Å². The summed E-state index contributed by atoms with van der Waals surface area (Å²) >= 11 is 0. The summed E-state index contributed by atoms with van der Waals surface area (Å²) in [6.07, 6.45) is 0. The van der Waals surface area contributed by atoms with Gasteiger partial charge in [0.25, 0.3) is 0 Å². The first-order chi connectivity index (χ1) is 12.3. The second kappa shape index (κ2) is 11.6. The number of aliphatic hydroxyl groups is 1. The van der Waals surface area contributed by atoms with E-state index in [1.54, 1.807) is 34.6 Å². The van der Waals surface area contributed by atoms with Crippen molar-refractivity contribution in [3.8, 4) is 0 Å².